The minimum Gasteiger partial charge on any atom is -0.287 e. The number of thioether (sulfide) groups is 1. The summed E-state index contributed by atoms with van der Waals surface area (Å²) >= 11 is 1.48. The van der Waals surface area contributed by atoms with Gasteiger partial charge in [0.05, 0.1) is 0 Å². The maximum Gasteiger partial charge on any atom is 0.189 e. The van der Waals surface area contributed by atoms with Crippen molar-refractivity contribution < 1.29 is 4.79 Å². The van der Waals surface area contributed by atoms with Crippen molar-refractivity contribution in [3.8, 4) is 0 Å². The Bertz CT molecular complexity index is 185. The summed E-state index contributed by atoms with van der Waals surface area (Å²) in [4.78, 5) is 11.5. The molecule has 14 heavy (non-hydrogen) atoms. The first-order valence-electron chi connectivity index (χ1n) is 5.40. The van der Waals surface area contributed by atoms with Crippen molar-refractivity contribution in [2.45, 2.75) is 40.5 Å². The fraction of sp³-hybridized carbons (Fsp3) is 0.750. The van der Waals surface area contributed by atoms with Gasteiger partial charge in [-0.3, -0.25) is 4.79 Å². The molecule has 0 saturated heterocycles. The normalized spacial score (nSPS) is 13.8. The summed E-state index contributed by atoms with van der Waals surface area (Å²) in [5, 5.41) is 0.337. The fourth-order valence-electron chi connectivity index (χ4n) is 1.24. The first kappa shape index (κ1) is 13.8. The van der Waals surface area contributed by atoms with Crippen molar-refractivity contribution in [3.63, 3.8) is 0 Å². The molecule has 0 amide bonds. The van der Waals surface area contributed by atoms with Crippen LogP contribution in [0.1, 0.15) is 40.5 Å². The number of carbonyl (C=O) groups excluding carboxylic acids is 1. The average molecular weight is 214 g/mol. The van der Waals surface area contributed by atoms with Crippen molar-refractivity contribution in [1.82, 2.24) is 0 Å². The number of carbonyl (C=O) groups is 1. The van der Waals surface area contributed by atoms with Crippen LogP contribution in [0.15, 0.2) is 12.2 Å². The Morgan fingerprint density at radius 1 is 1.43 bits per heavy atom. The second kappa shape index (κ2) is 8.10. The van der Waals surface area contributed by atoms with Crippen LogP contribution in [0.25, 0.3) is 0 Å². The number of hydrogen-bond acceptors (Lipinski definition) is 2. The molecule has 0 rings (SSSR count). The van der Waals surface area contributed by atoms with E-state index in [2.05, 4.69) is 26.8 Å². The zero-order valence-corrected chi connectivity index (χ0v) is 10.6. The molecular formula is C12H22OS. The van der Waals surface area contributed by atoms with Crippen molar-refractivity contribution in [1.29, 1.82) is 0 Å². The second-order valence-corrected chi connectivity index (χ2v) is 5.01. The predicted molar refractivity (Wildman–Crippen MR) is 65.5 cm³/mol. The van der Waals surface area contributed by atoms with Crippen LogP contribution in [0.3, 0.4) is 0 Å². The van der Waals surface area contributed by atoms with Gasteiger partial charge in [-0.15, -0.1) is 0 Å². The SMILES string of the molecule is C/C=C/C(CC(=O)SCCC)C(C)C. The Kier molecular flexibility index (Phi) is 7.96. The van der Waals surface area contributed by atoms with E-state index in [0.717, 1.165) is 12.2 Å². The maximum absolute atomic E-state index is 11.5. The summed E-state index contributed by atoms with van der Waals surface area (Å²) in [6.07, 6.45) is 5.95. The molecule has 0 heterocycles. The lowest BCUT2D eigenvalue weighted by atomic mass is 9.93. The molecule has 0 N–H and O–H groups in total. The monoisotopic (exact) mass is 214 g/mol. The van der Waals surface area contributed by atoms with Gasteiger partial charge < -0.3 is 0 Å². The van der Waals surface area contributed by atoms with Gasteiger partial charge in [-0.05, 0) is 25.2 Å². The maximum atomic E-state index is 11.5. The first-order valence-corrected chi connectivity index (χ1v) is 6.38. The zero-order valence-electron chi connectivity index (χ0n) is 9.75. The first-order chi connectivity index (χ1) is 6.61. The molecule has 0 aromatic heterocycles. The van der Waals surface area contributed by atoms with E-state index in [0.29, 0.717) is 23.4 Å². The molecule has 0 fully saturated rings. The molecular weight excluding hydrogens is 192 g/mol. The smallest absolute Gasteiger partial charge is 0.189 e. The van der Waals surface area contributed by atoms with E-state index in [-0.39, 0.29) is 0 Å². The Balaban J connectivity index is 3.96. The van der Waals surface area contributed by atoms with E-state index >= 15 is 0 Å². The summed E-state index contributed by atoms with van der Waals surface area (Å²) in [7, 11) is 0. The molecule has 0 saturated carbocycles. The summed E-state index contributed by atoms with van der Waals surface area (Å²) in [6, 6.07) is 0. The van der Waals surface area contributed by atoms with E-state index in [9.17, 15) is 4.79 Å². The van der Waals surface area contributed by atoms with Crippen molar-refractivity contribution in [2.75, 3.05) is 5.75 Å². The molecule has 0 aliphatic rings. The quantitative estimate of drug-likeness (QED) is 0.624. The molecule has 1 nitrogen and oxygen atoms in total. The molecule has 1 atom stereocenters. The van der Waals surface area contributed by atoms with Crippen LogP contribution in [0.5, 0.6) is 0 Å². The van der Waals surface area contributed by atoms with Crippen LogP contribution in [0.4, 0.5) is 0 Å². The van der Waals surface area contributed by atoms with E-state index in [1.165, 1.54) is 11.8 Å². The average Bonchev–Trinajstić information content (AvgIpc) is 2.14. The highest BCUT2D eigenvalue weighted by Gasteiger charge is 2.14. The number of allylic oxidation sites excluding steroid dienone is 2. The lowest BCUT2D eigenvalue weighted by molar-refractivity contribution is -0.111. The molecule has 0 aliphatic carbocycles. The Hall–Kier alpha value is -0.240. The Morgan fingerprint density at radius 3 is 2.50 bits per heavy atom. The van der Waals surface area contributed by atoms with Gasteiger partial charge in [-0.2, -0.15) is 0 Å². The third-order valence-electron chi connectivity index (χ3n) is 2.17. The van der Waals surface area contributed by atoms with Crippen LogP contribution >= 0.6 is 11.8 Å². The molecule has 0 aromatic rings. The second-order valence-electron chi connectivity index (χ2n) is 3.86. The molecule has 0 bridgehead atoms. The summed E-state index contributed by atoms with van der Waals surface area (Å²) in [6.45, 7) is 8.45. The third-order valence-corrected chi connectivity index (χ3v) is 3.27. The van der Waals surface area contributed by atoms with Crippen molar-refractivity contribution in [3.05, 3.63) is 12.2 Å². The van der Waals surface area contributed by atoms with Gasteiger partial charge in [0.15, 0.2) is 5.12 Å². The van der Waals surface area contributed by atoms with Gasteiger partial charge in [0.1, 0.15) is 0 Å². The minimum absolute atomic E-state index is 0.337. The van der Waals surface area contributed by atoms with E-state index in [4.69, 9.17) is 0 Å². The Labute approximate surface area is 92.3 Å². The van der Waals surface area contributed by atoms with Gasteiger partial charge in [0, 0.05) is 12.2 Å². The van der Waals surface area contributed by atoms with Crippen LogP contribution in [-0.4, -0.2) is 10.9 Å². The number of rotatable bonds is 6. The van der Waals surface area contributed by atoms with Crippen LogP contribution in [0, 0.1) is 11.8 Å². The topological polar surface area (TPSA) is 17.1 Å². The molecule has 1 unspecified atom stereocenters. The van der Waals surface area contributed by atoms with Crippen LogP contribution in [-0.2, 0) is 4.79 Å². The predicted octanol–water partition coefficient (Wildman–Crippen LogP) is 3.89. The third kappa shape index (κ3) is 6.25. The molecule has 0 spiro atoms. The van der Waals surface area contributed by atoms with Gasteiger partial charge in [0.25, 0.3) is 0 Å². The minimum atomic E-state index is 0.337. The highest BCUT2D eigenvalue weighted by atomic mass is 32.2. The van der Waals surface area contributed by atoms with Crippen molar-refractivity contribution in [2.24, 2.45) is 11.8 Å². The number of hydrogen-bond donors (Lipinski definition) is 0. The molecule has 82 valence electrons. The summed E-state index contributed by atoms with van der Waals surface area (Å²) in [5.41, 5.74) is 0. The van der Waals surface area contributed by atoms with Gasteiger partial charge in [-0.25, -0.2) is 0 Å². The standard InChI is InChI=1S/C12H22OS/c1-5-7-11(10(3)4)9-12(13)14-8-6-2/h5,7,10-11H,6,8-9H2,1-4H3/b7-5+. The molecule has 2 heteroatoms. The lowest BCUT2D eigenvalue weighted by Gasteiger charge is -2.15. The van der Waals surface area contributed by atoms with Gasteiger partial charge >= 0.3 is 0 Å². The molecule has 0 aromatic carbocycles. The van der Waals surface area contributed by atoms with E-state index in [1.54, 1.807) is 0 Å². The molecule has 0 radical (unpaired) electrons. The Morgan fingerprint density at radius 2 is 2.07 bits per heavy atom. The van der Waals surface area contributed by atoms with Crippen LogP contribution in [0.2, 0.25) is 0 Å². The summed E-state index contributed by atoms with van der Waals surface area (Å²) in [5.74, 6) is 1.92. The molecule has 0 aliphatic heterocycles. The lowest BCUT2D eigenvalue weighted by Crippen LogP contribution is -2.10. The highest BCUT2D eigenvalue weighted by Crippen LogP contribution is 2.21. The highest BCUT2D eigenvalue weighted by molar-refractivity contribution is 8.13. The zero-order chi connectivity index (χ0) is 11.0. The largest absolute Gasteiger partial charge is 0.287 e. The van der Waals surface area contributed by atoms with E-state index in [1.807, 2.05) is 13.0 Å². The summed E-state index contributed by atoms with van der Waals surface area (Å²) < 4.78 is 0. The van der Waals surface area contributed by atoms with Gasteiger partial charge in [-0.1, -0.05) is 44.7 Å². The fourth-order valence-corrected chi connectivity index (χ4v) is 1.98. The van der Waals surface area contributed by atoms with E-state index < -0.39 is 0 Å². The van der Waals surface area contributed by atoms with Crippen LogP contribution < -0.4 is 0 Å². The van der Waals surface area contributed by atoms with Gasteiger partial charge in [0.2, 0.25) is 0 Å². The van der Waals surface area contributed by atoms with Crippen molar-refractivity contribution >= 4 is 16.9 Å².